The molecule has 5 nitrogen and oxygen atoms in total. The quantitative estimate of drug-likeness (QED) is 0.472. The first-order chi connectivity index (χ1) is 11.7. The van der Waals surface area contributed by atoms with E-state index in [9.17, 15) is 0 Å². The molecule has 0 bridgehead atoms. The van der Waals surface area contributed by atoms with Gasteiger partial charge < -0.3 is 15.5 Å². The topological polar surface area (TPSA) is 48.1 Å². The molecule has 2 N–H and O–H groups in total. The van der Waals surface area contributed by atoms with Crippen LogP contribution in [-0.4, -0.2) is 73.5 Å². The van der Waals surface area contributed by atoms with Crippen molar-refractivity contribution in [1.29, 1.82) is 0 Å². The second-order valence-electron chi connectivity index (χ2n) is 6.49. The monoisotopic (exact) mass is 331 g/mol. The van der Waals surface area contributed by atoms with Gasteiger partial charge in [-0.15, -0.1) is 0 Å². The first-order valence-corrected chi connectivity index (χ1v) is 9.18. The van der Waals surface area contributed by atoms with Crippen LogP contribution in [-0.2, 0) is 0 Å². The number of aliphatic imine (C=N–C) groups is 1. The Hall–Kier alpha value is -1.59. The summed E-state index contributed by atoms with van der Waals surface area (Å²) in [6.07, 6.45) is 1.05. The summed E-state index contributed by atoms with van der Waals surface area (Å²) in [5.74, 6) is 0.679. The largest absolute Gasteiger partial charge is 0.370 e. The van der Waals surface area contributed by atoms with E-state index in [4.69, 9.17) is 5.73 Å². The Bertz CT molecular complexity index is 498. The third kappa shape index (κ3) is 5.21. The van der Waals surface area contributed by atoms with Gasteiger partial charge in [0, 0.05) is 51.9 Å². The van der Waals surface area contributed by atoms with Gasteiger partial charge >= 0.3 is 0 Å². The number of benzene rings is 1. The molecule has 2 rings (SSSR count). The first-order valence-electron chi connectivity index (χ1n) is 9.18. The van der Waals surface area contributed by atoms with Gasteiger partial charge in [-0.05, 0) is 32.9 Å². The summed E-state index contributed by atoms with van der Waals surface area (Å²) in [5, 5.41) is 0. The first kappa shape index (κ1) is 18.7. The average molecular weight is 332 g/mol. The maximum atomic E-state index is 6.05. The van der Waals surface area contributed by atoms with Crippen molar-refractivity contribution in [3.63, 3.8) is 0 Å². The summed E-state index contributed by atoms with van der Waals surface area (Å²) in [5.41, 5.74) is 7.46. The zero-order chi connectivity index (χ0) is 17.4. The highest BCUT2D eigenvalue weighted by molar-refractivity contribution is 5.77. The van der Waals surface area contributed by atoms with Crippen LogP contribution >= 0.6 is 0 Å². The maximum Gasteiger partial charge on any atom is 0.191 e. The van der Waals surface area contributed by atoms with Crippen LogP contribution in [0.1, 0.15) is 31.9 Å². The van der Waals surface area contributed by atoms with Gasteiger partial charge in [-0.1, -0.05) is 30.3 Å². The summed E-state index contributed by atoms with van der Waals surface area (Å²) < 4.78 is 0. The molecule has 0 aromatic heterocycles. The Morgan fingerprint density at radius 2 is 1.92 bits per heavy atom. The molecule has 0 aliphatic carbocycles. The molecule has 1 aromatic rings. The number of nitrogens with zero attached hydrogens (tertiary/aromatic N) is 4. The molecule has 5 heteroatoms. The van der Waals surface area contributed by atoms with Crippen molar-refractivity contribution in [2.75, 3.05) is 52.9 Å². The second-order valence-corrected chi connectivity index (χ2v) is 6.49. The normalized spacial score (nSPS) is 20.3. The van der Waals surface area contributed by atoms with E-state index in [1.54, 1.807) is 0 Å². The molecule has 1 aromatic carbocycles. The molecule has 0 saturated carbocycles. The molecule has 1 atom stereocenters. The molecule has 1 fully saturated rings. The SMILES string of the molecule is CCN(CC)C(N)=NCCCN1CCN(C)CC1c1ccccc1. The van der Waals surface area contributed by atoms with Crippen molar-refractivity contribution in [2.24, 2.45) is 10.7 Å². The fourth-order valence-electron chi connectivity index (χ4n) is 3.33. The minimum atomic E-state index is 0.481. The number of hydrogen-bond acceptors (Lipinski definition) is 3. The maximum absolute atomic E-state index is 6.05. The molecular formula is C19H33N5. The van der Waals surface area contributed by atoms with Crippen molar-refractivity contribution < 1.29 is 0 Å². The zero-order valence-corrected chi connectivity index (χ0v) is 15.5. The van der Waals surface area contributed by atoms with E-state index in [0.29, 0.717) is 12.0 Å². The fraction of sp³-hybridized carbons (Fsp3) is 0.632. The predicted molar refractivity (Wildman–Crippen MR) is 102 cm³/mol. The molecule has 0 spiro atoms. The Kier molecular flexibility index (Phi) is 7.53. The third-order valence-corrected chi connectivity index (χ3v) is 4.84. The molecular weight excluding hydrogens is 298 g/mol. The molecule has 0 amide bonds. The van der Waals surface area contributed by atoms with E-state index in [0.717, 1.165) is 52.2 Å². The molecule has 1 saturated heterocycles. The van der Waals surface area contributed by atoms with Gasteiger partial charge in [0.1, 0.15) is 0 Å². The number of hydrogen-bond donors (Lipinski definition) is 1. The number of guanidine groups is 1. The Balaban J connectivity index is 1.89. The summed E-state index contributed by atoms with van der Waals surface area (Å²) in [7, 11) is 2.21. The van der Waals surface area contributed by atoms with Gasteiger partial charge in [-0.25, -0.2) is 0 Å². The lowest BCUT2D eigenvalue weighted by Crippen LogP contribution is -2.47. The number of nitrogens with two attached hydrogens (primary N) is 1. The standard InChI is InChI=1S/C19H33N5/c1-4-23(5-2)19(20)21-12-9-13-24-15-14-22(3)16-18(24)17-10-7-6-8-11-17/h6-8,10-11,18H,4-5,9,12-16H2,1-3H3,(H2,20,21). The zero-order valence-electron chi connectivity index (χ0n) is 15.5. The van der Waals surface area contributed by atoms with Crippen molar-refractivity contribution in [1.82, 2.24) is 14.7 Å². The summed E-state index contributed by atoms with van der Waals surface area (Å²) in [6.45, 7) is 11.3. The lowest BCUT2D eigenvalue weighted by Gasteiger charge is -2.40. The minimum Gasteiger partial charge on any atom is -0.370 e. The van der Waals surface area contributed by atoms with Crippen LogP contribution in [0.25, 0.3) is 0 Å². The van der Waals surface area contributed by atoms with Crippen LogP contribution in [0, 0.1) is 0 Å². The van der Waals surface area contributed by atoms with Gasteiger partial charge in [0.2, 0.25) is 0 Å². The highest BCUT2D eigenvalue weighted by Gasteiger charge is 2.25. The highest BCUT2D eigenvalue weighted by Crippen LogP contribution is 2.24. The van der Waals surface area contributed by atoms with E-state index >= 15 is 0 Å². The Morgan fingerprint density at radius 3 is 2.58 bits per heavy atom. The van der Waals surface area contributed by atoms with Crippen molar-refractivity contribution >= 4 is 5.96 Å². The molecule has 24 heavy (non-hydrogen) atoms. The van der Waals surface area contributed by atoms with Crippen molar-refractivity contribution in [3.05, 3.63) is 35.9 Å². The van der Waals surface area contributed by atoms with Crippen LogP contribution in [0.2, 0.25) is 0 Å². The molecule has 1 unspecified atom stereocenters. The molecule has 1 aliphatic heterocycles. The van der Waals surface area contributed by atoms with E-state index in [1.807, 2.05) is 0 Å². The lowest BCUT2D eigenvalue weighted by atomic mass is 10.0. The summed E-state index contributed by atoms with van der Waals surface area (Å²) >= 11 is 0. The molecule has 1 aliphatic rings. The molecule has 134 valence electrons. The third-order valence-electron chi connectivity index (χ3n) is 4.84. The Morgan fingerprint density at radius 1 is 1.21 bits per heavy atom. The van der Waals surface area contributed by atoms with Crippen LogP contribution in [0.5, 0.6) is 0 Å². The summed E-state index contributed by atoms with van der Waals surface area (Å²) in [4.78, 5) is 11.7. The molecule has 1 heterocycles. The highest BCUT2D eigenvalue weighted by atomic mass is 15.3. The van der Waals surface area contributed by atoms with Crippen molar-refractivity contribution in [3.8, 4) is 0 Å². The number of rotatable bonds is 7. The van der Waals surface area contributed by atoms with Crippen LogP contribution in [0.4, 0.5) is 0 Å². The minimum absolute atomic E-state index is 0.481. The van der Waals surface area contributed by atoms with Crippen LogP contribution in [0.15, 0.2) is 35.3 Å². The van der Waals surface area contributed by atoms with E-state index in [2.05, 4.69) is 70.9 Å². The lowest BCUT2D eigenvalue weighted by molar-refractivity contribution is 0.0894. The van der Waals surface area contributed by atoms with Gasteiger partial charge in [0.25, 0.3) is 0 Å². The van der Waals surface area contributed by atoms with E-state index < -0.39 is 0 Å². The van der Waals surface area contributed by atoms with Crippen molar-refractivity contribution in [2.45, 2.75) is 26.3 Å². The second kappa shape index (κ2) is 9.64. The van der Waals surface area contributed by atoms with Crippen LogP contribution < -0.4 is 5.73 Å². The van der Waals surface area contributed by atoms with Gasteiger partial charge in [-0.3, -0.25) is 9.89 Å². The number of likely N-dealkylation sites (N-methyl/N-ethyl adjacent to an activating group) is 1. The fourth-order valence-corrected chi connectivity index (χ4v) is 3.33. The van der Waals surface area contributed by atoms with E-state index in [-0.39, 0.29) is 0 Å². The Labute approximate surface area is 147 Å². The van der Waals surface area contributed by atoms with E-state index in [1.165, 1.54) is 5.56 Å². The van der Waals surface area contributed by atoms with Gasteiger partial charge in [0.15, 0.2) is 5.96 Å². The smallest absolute Gasteiger partial charge is 0.191 e. The van der Waals surface area contributed by atoms with Gasteiger partial charge in [0.05, 0.1) is 0 Å². The van der Waals surface area contributed by atoms with Gasteiger partial charge in [-0.2, -0.15) is 0 Å². The average Bonchev–Trinajstić information content (AvgIpc) is 2.61. The molecule has 0 radical (unpaired) electrons. The predicted octanol–water partition coefficient (Wildman–Crippen LogP) is 2.02. The summed E-state index contributed by atoms with van der Waals surface area (Å²) in [6, 6.07) is 11.3. The van der Waals surface area contributed by atoms with Crippen LogP contribution in [0.3, 0.4) is 0 Å². The number of piperazine rings is 1.